The van der Waals surface area contributed by atoms with Gasteiger partial charge >= 0.3 is 5.97 Å². The number of rotatable bonds is 5. The van der Waals surface area contributed by atoms with E-state index >= 15 is 0 Å². The molecule has 0 fully saturated rings. The highest BCUT2D eigenvalue weighted by atomic mass is 35.5. The summed E-state index contributed by atoms with van der Waals surface area (Å²) in [5, 5.41) is 20.0. The number of nitrogens with zero attached hydrogens (tertiary/aromatic N) is 2. The van der Waals surface area contributed by atoms with Crippen LogP contribution in [0.3, 0.4) is 0 Å². The van der Waals surface area contributed by atoms with Gasteiger partial charge in [0, 0.05) is 11.6 Å². The minimum atomic E-state index is -0.608. The van der Waals surface area contributed by atoms with E-state index in [1.807, 2.05) is 0 Å². The molecule has 0 amide bonds. The van der Waals surface area contributed by atoms with Crippen molar-refractivity contribution < 1.29 is 19.4 Å². The smallest absolute Gasteiger partial charge is 0.361 e. The molecule has 8 heteroatoms. The SMILES string of the molecule is CCOC(=O)c1n[nH]nc1-c1cc(OCC)c(O)cc1Cl. The Hall–Kier alpha value is -2.28. The Labute approximate surface area is 125 Å². The van der Waals surface area contributed by atoms with Gasteiger partial charge in [0.05, 0.1) is 18.2 Å². The number of H-pyrrole nitrogens is 1. The highest BCUT2D eigenvalue weighted by Crippen LogP contribution is 2.38. The molecule has 21 heavy (non-hydrogen) atoms. The average molecular weight is 312 g/mol. The van der Waals surface area contributed by atoms with Crippen molar-refractivity contribution in [3.8, 4) is 22.8 Å². The first-order valence-corrected chi connectivity index (χ1v) is 6.69. The van der Waals surface area contributed by atoms with Gasteiger partial charge in [-0.1, -0.05) is 11.6 Å². The molecule has 1 aromatic carbocycles. The van der Waals surface area contributed by atoms with E-state index in [1.165, 1.54) is 12.1 Å². The Morgan fingerprint density at radius 2 is 2.10 bits per heavy atom. The van der Waals surface area contributed by atoms with Gasteiger partial charge in [-0.05, 0) is 19.9 Å². The first-order chi connectivity index (χ1) is 10.1. The van der Waals surface area contributed by atoms with Crippen LogP contribution in [0.15, 0.2) is 12.1 Å². The second-order valence-electron chi connectivity index (χ2n) is 3.97. The number of carbonyl (C=O) groups excluding carboxylic acids is 1. The van der Waals surface area contributed by atoms with E-state index < -0.39 is 5.97 Å². The molecule has 0 radical (unpaired) electrons. The van der Waals surface area contributed by atoms with Crippen molar-refractivity contribution in [3.63, 3.8) is 0 Å². The molecule has 0 unspecified atom stereocenters. The van der Waals surface area contributed by atoms with Gasteiger partial charge in [0.25, 0.3) is 0 Å². The molecule has 0 bridgehead atoms. The Morgan fingerprint density at radius 1 is 1.33 bits per heavy atom. The maximum Gasteiger partial charge on any atom is 0.361 e. The van der Waals surface area contributed by atoms with Crippen LogP contribution in [-0.2, 0) is 4.74 Å². The lowest BCUT2D eigenvalue weighted by Gasteiger charge is -2.09. The van der Waals surface area contributed by atoms with Crippen molar-refractivity contribution in [2.45, 2.75) is 13.8 Å². The number of hydrogen-bond donors (Lipinski definition) is 2. The van der Waals surface area contributed by atoms with E-state index in [0.717, 1.165) is 0 Å². The summed E-state index contributed by atoms with van der Waals surface area (Å²) in [5.41, 5.74) is 0.668. The fourth-order valence-corrected chi connectivity index (χ4v) is 2.00. The first kappa shape index (κ1) is 15.1. The fraction of sp³-hybridized carbons (Fsp3) is 0.308. The van der Waals surface area contributed by atoms with E-state index in [-0.39, 0.29) is 34.5 Å². The number of ether oxygens (including phenoxy) is 2. The van der Waals surface area contributed by atoms with E-state index in [0.29, 0.717) is 12.2 Å². The number of aromatic hydroxyl groups is 1. The molecular weight excluding hydrogens is 298 g/mol. The summed E-state index contributed by atoms with van der Waals surface area (Å²) in [6.07, 6.45) is 0. The van der Waals surface area contributed by atoms with Crippen molar-refractivity contribution in [1.82, 2.24) is 15.4 Å². The van der Waals surface area contributed by atoms with Crippen LogP contribution in [-0.4, -0.2) is 39.7 Å². The minimum absolute atomic E-state index is 0.0203. The lowest BCUT2D eigenvalue weighted by Crippen LogP contribution is -2.07. The number of aromatic amines is 1. The highest BCUT2D eigenvalue weighted by Gasteiger charge is 2.22. The number of phenolic OH excluding ortho intramolecular Hbond substituents is 1. The van der Waals surface area contributed by atoms with Gasteiger partial charge in [0.1, 0.15) is 5.69 Å². The molecule has 2 N–H and O–H groups in total. The Bertz CT molecular complexity index is 657. The van der Waals surface area contributed by atoms with E-state index in [2.05, 4.69) is 15.4 Å². The summed E-state index contributed by atoms with van der Waals surface area (Å²) in [7, 11) is 0. The second-order valence-corrected chi connectivity index (χ2v) is 4.38. The largest absolute Gasteiger partial charge is 0.504 e. The van der Waals surface area contributed by atoms with Crippen LogP contribution in [0, 0.1) is 0 Å². The molecular formula is C13H14ClN3O4. The van der Waals surface area contributed by atoms with Crippen LogP contribution in [0.2, 0.25) is 5.02 Å². The molecule has 0 saturated carbocycles. The van der Waals surface area contributed by atoms with E-state index in [1.54, 1.807) is 13.8 Å². The van der Waals surface area contributed by atoms with Gasteiger partial charge in [0.2, 0.25) is 0 Å². The van der Waals surface area contributed by atoms with E-state index in [4.69, 9.17) is 21.1 Å². The number of nitrogens with one attached hydrogen (secondary N) is 1. The van der Waals surface area contributed by atoms with Crippen LogP contribution in [0.25, 0.3) is 11.3 Å². The molecule has 0 aliphatic heterocycles. The molecule has 0 spiro atoms. The number of esters is 1. The number of carbonyl (C=O) groups is 1. The predicted octanol–water partition coefficient (Wildman–Crippen LogP) is 2.41. The summed E-state index contributed by atoms with van der Waals surface area (Å²) in [6, 6.07) is 2.83. The third-order valence-corrected chi connectivity index (χ3v) is 2.93. The number of phenols is 1. The molecule has 2 aromatic rings. The number of benzene rings is 1. The van der Waals surface area contributed by atoms with Crippen LogP contribution in [0.4, 0.5) is 0 Å². The normalized spacial score (nSPS) is 10.4. The lowest BCUT2D eigenvalue weighted by molar-refractivity contribution is 0.0520. The quantitative estimate of drug-likeness (QED) is 0.823. The molecule has 7 nitrogen and oxygen atoms in total. The monoisotopic (exact) mass is 311 g/mol. The molecule has 0 aliphatic rings. The summed E-state index contributed by atoms with van der Waals surface area (Å²) >= 11 is 6.10. The van der Waals surface area contributed by atoms with Crippen LogP contribution < -0.4 is 4.74 Å². The lowest BCUT2D eigenvalue weighted by atomic mass is 10.1. The van der Waals surface area contributed by atoms with Crippen molar-refractivity contribution in [2.24, 2.45) is 0 Å². The van der Waals surface area contributed by atoms with Crippen LogP contribution in [0.5, 0.6) is 11.5 Å². The molecule has 0 atom stereocenters. The summed E-state index contributed by atoms with van der Waals surface area (Å²) in [6.45, 7) is 4.07. The van der Waals surface area contributed by atoms with Crippen LogP contribution >= 0.6 is 11.6 Å². The van der Waals surface area contributed by atoms with Gasteiger partial charge in [-0.3, -0.25) is 0 Å². The zero-order chi connectivity index (χ0) is 15.4. The van der Waals surface area contributed by atoms with Crippen molar-refractivity contribution in [1.29, 1.82) is 0 Å². The Morgan fingerprint density at radius 3 is 2.76 bits per heavy atom. The molecule has 1 aromatic heterocycles. The number of hydrogen-bond acceptors (Lipinski definition) is 6. The molecule has 0 saturated heterocycles. The maximum absolute atomic E-state index is 11.8. The third kappa shape index (κ3) is 3.08. The van der Waals surface area contributed by atoms with Gasteiger partial charge < -0.3 is 14.6 Å². The predicted molar refractivity (Wildman–Crippen MR) is 75.6 cm³/mol. The molecule has 2 rings (SSSR count). The number of halogens is 1. The summed E-state index contributed by atoms with van der Waals surface area (Å²) in [4.78, 5) is 11.8. The van der Waals surface area contributed by atoms with Gasteiger partial charge in [-0.2, -0.15) is 10.3 Å². The van der Waals surface area contributed by atoms with Gasteiger partial charge in [-0.15, -0.1) is 5.10 Å². The maximum atomic E-state index is 11.8. The topological polar surface area (TPSA) is 97.3 Å². The van der Waals surface area contributed by atoms with Crippen LogP contribution in [0.1, 0.15) is 24.3 Å². The minimum Gasteiger partial charge on any atom is -0.504 e. The van der Waals surface area contributed by atoms with E-state index in [9.17, 15) is 9.90 Å². The summed E-state index contributed by atoms with van der Waals surface area (Å²) < 4.78 is 10.2. The standard InChI is InChI=1S/C13H14ClN3O4/c1-3-20-10-5-7(8(14)6-9(10)18)11-12(16-17-15-11)13(19)21-4-2/h5-6,18H,3-4H2,1-2H3,(H,15,16,17). The molecule has 1 heterocycles. The number of aromatic nitrogens is 3. The fourth-order valence-electron chi connectivity index (χ4n) is 1.76. The molecule has 0 aliphatic carbocycles. The first-order valence-electron chi connectivity index (χ1n) is 6.32. The molecule has 112 valence electrons. The zero-order valence-corrected chi connectivity index (χ0v) is 12.3. The van der Waals surface area contributed by atoms with Crippen molar-refractivity contribution >= 4 is 17.6 Å². The Balaban J connectivity index is 2.49. The average Bonchev–Trinajstić information content (AvgIpc) is 2.91. The zero-order valence-electron chi connectivity index (χ0n) is 11.5. The highest BCUT2D eigenvalue weighted by molar-refractivity contribution is 6.33. The summed E-state index contributed by atoms with van der Waals surface area (Å²) in [5.74, 6) is -0.454. The van der Waals surface area contributed by atoms with Gasteiger partial charge in [-0.25, -0.2) is 4.79 Å². The third-order valence-electron chi connectivity index (χ3n) is 2.62. The second kappa shape index (κ2) is 6.45. The Kier molecular flexibility index (Phi) is 4.64. The van der Waals surface area contributed by atoms with Crippen molar-refractivity contribution in [3.05, 3.63) is 22.8 Å². The van der Waals surface area contributed by atoms with Gasteiger partial charge in [0.15, 0.2) is 17.2 Å². The van der Waals surface area contributed by atoms with Crippen molar-refractivity contribution in [2.75, 3.05) is 13.2 Å².